The zero-order valence-corrected chi connectivity index (χ0v) is 14.8. The van der Waals surface area contributed by atoms with E-state index in [1.807, 2.05) is 0 Å². The van der Waals surface area contributed by atoms with Gasteiger partial charge in [0.05, 0.1) is 0 Å². The van der Waals surface area contributed by atoms with Gasteiger partial charge in [-0.2, -0.15) is 0 Å². The van der Waals surface area contributed by atoms with E-state index in [-0.39, 0.29) is 12.4 Å². The Hall–Kier alpha value is -1.26. The van der Waals surface area contributed by atoms with Crippen LogP contribution < -0.4 is 0 Å². The first-order valence-corrected chi connectivity index (χ1v) is 8.40. The molecule has 1 N–H and O–H groups in total. The van der Waals surface area contributed by atoms with Crippen LogP contribution in [0.4, 0.5) is 4.79 Å². The zero-order valence-electron chi connectivity index (χ0n) is 14.0. The maximum Gasteiger partial charge on any atom is 0.407 e. The van der Waals surface area contributed by atoms with Gasteiger partial charge in [-0.1, -0.05) is 25.1 Å². The average Bonchev–Trinajstić information content (AvgIpc) is 2.91. The Balaban J connectivity index is 0.00000192. The van der Waals surface area contributed by atoms with Gasteiger partial charge in [-0.3, -0.25) is 4.90 Å². The molecule has 0 bridgehead atoms. The first kappa shape index (κ1) is 18.1. The monoisotopic (exact) mass is 338 g/mol. The molecule has 0 radical (unpaired) electrons. The second-order valence-corrected chi connectivity index (χ2v) is 6.67. The molecule has 5 heteroatoms. The van der Waals surface area contributed by atoms with Crippen molar-refractivity contribution in [2.45, 2.75) is 51.1 Å². The minimum absolute atomic E-state index is 0. The highest BCUT2D eigenvalue weighted by molar-refractivity contribution is 5.85. The van der Waals surface area contributed by atoms with Gasteiger partial charge in [-0.15, -0.1) is 12.4 Å². The number of rotatable bonds is 4. The lowest BCUT2D eigenvalue weighted by atomic mass is 9.77. The van der Waals surface area contributed by atoms with Crippen LogP contribution in [0.3, 0.4) is 0 Å². The van der Waals surface area contributed by atoms with E-state index in [9.17, 15) is 4.79 Å². The number of benzene rings is 1. The minimum atomic E-state index is -0.857. The number of carboxylic acid groups (broad SMARTS) is 1. The van der Waals surface area contributed by atoms with Gasteiger partial charge in [0.25, 0.3) is 0 Å². The molecule has 0 spiro atoms. The Morgan fingerprint density at radius 1 is 1.39 bits per heavy atom. The first-order valence-electron chi connectivity index (χ1n) is 8.40. The van der Waals surface area contributed by atoms with Gasteiger partial charge >= 0.3 is 6.09 Å². The lowest BCUT2D eigenvalue weighted by molar-refractivity contribution is 0.153. The molecule has 1 aromatic rings. The maximum absolute atomic E-state index is 11.2. The van der Waals surface area contributed by atoms with Gasteiger partial charge in [0, 0.05) is 25.6 Å². The summed E-state index contributed by atoms with van der Waals surface area (Å²) < 4.78 is 0. The lowest BCUT2D eigenvalue weighted by Crippen LogP contribution is -2.36. The summed E-state index contributed by atoms with van der Waals surface area (Å²) in [5.41, 5.74) is 4.09. The Bertz CT molecular complexity index is 564. The van der Waals surface area contributed by atoms with Crippen LogP contribution in [0.15, 0.2) is 18.2 Å². The summed E-state index contributed by atoms with van der Waals surface area (Å²) in [7, 11) is 1.65. The molecule has 1 saturated heterocycles. The van der Waals surface area contributed by atoms with Crippen LogP contribution in [0.2, 0.25) is 0 Å². The van der Waals surface area contributed by atoms with Gasteiger partial charge in [0.15, 0.2) is 0 Å². The van der Waals surface area contributed by atoms with Crippen molar-refractivity contribution < 1.29 is 9.90 Å². The van der Waals surface area contributed by atoms with Crippen LogP contribution in [0.1, 0.15) is 48.8 Å². The van der Waals surface area contributed by atoms with E-state index in [2.05, 4.69) is 30.0 Å². The molecule has 3 rings (SSSR count). The minimum Gasteiger partial charge on any atom is -0.465 e. The second kappa shape index (κ2) is 7.54. The molecule has 2 aliphatic rings. The molecule has 0 saturated carbocycles. The summed E-state index contributed by atoms with van der Waals surface area (Å²) >= 11 is 0. The molecular formula is C18H27ClN2O2. The third-order valence-corrected chi connectivity index (χ3v) is 5.27. The molecule has 1 aromatic carbocycles. The molecule has 1 aliphatic heterocycles. The van der Waals surface area contributed by atoms with E-state index < -0.39 is 6.09 Å². The number of amides is 1. The first-order chi connectivity index (χ1) is 10.6. The van der Waals surface area contributed by atoms with Gasteiger partial charge in [-0.25, -0.2) is 4.79 Å². The number of fused-ring (bicyclic) bond motifs is 3. The number of halogens is 1. The van der Waals surface area contributed by atoms with Crippen molar-refractivity contribution in [2.75, 3.05) is 20.1 Å². The Labute approximate surface area is 144 Å². The number of aryl methyl sites for hydroxylation is 1. The molecular weight excluding hydrogens is 312 g/mol. The van der Waals surface area contributed by atoms with Crippen molar-refractivity contribution in [1.82, 2.24) is 9.80 Å². The van der Waals surface area contributed by atoms with E-state index in [1.54, 1.807) is 7.05 Å². The summed E-state index contributed by atoms with van der Waals surface area (Å²) in [4.78, 5) is 15.2. The van der Waals surface area contributed by atoms with E-state index in [4.69, 9.17) is 5.11 Å². The van der Waals surface area contributed by atoms with Gasteiger partial charge in [0.2, 0.25) is 0 Å². The number of likely N-dealkylation sites (tertiary alicyclic amines) is 1. The predicted octanol–water partition coefficient (Wildman–Crippen LogP) is 3.73. The van der Waals surface area contributed by atoms with E-state index in [0.717, 1.165) is 6.42 Å². The largest absolute Gasteiger partial charge is 0.465 e. The number of nitrogens with zero attached hydrogens (tertiary/aromatic N) is 2. The van der Waals surface area contributed by atoms with Crippen molar-refractivity contribution in [3.8, 4) is 0 Å². The van der Waals surface area contributed by atoms with Crippen molar-refractivity contribution in [1.29, 1.82) is 0 Å². The molecule has 128 valence electrons. The molecule has 1 fully saturated rings. The van der Waals surface area contributed by atoms with E-state index >= 15 is 0 Å². The third-order valence-electron chi connectivity index (χ3n) is 5.27. The molecule has 2 atom stereocenters. The number of hydrogen-bond acceptors (Lipinski definition) is 2. The average molecular weight is 339 g/mol. The molecule has 1 amide bonds. The van der Waals surface area contributed by atoms with E-state index in [1.165, 1.54) is 53.9 Å². The zero-order chi connectivity index (χ0) is 15.7. The Morgan fingerprint density at radius 2 is 2.17 bits per heavy atom. The van der Waals surface area contributed by atoms with Crippen LogP contribution in [-0.2, 0) is 13.0 Å². The molecule has 0 aromatic heterocycles. The second-order valence-electron chi connectivity index (χ2n) is 6.67. The highest BCUT2D eigenvalue weighted by Gasteiger charge is 2.39. The predicted molar refractivity (Wildman–Crippen MR) is 94.5 cm³/mol. The van der Waals surface area contributed by atoms with Gasteiger partial charge < -0.3 is 10.0 Å². The van der Waals surface area contributed by atoms with Crippen molar-refractivity contribution in [3.05, 3.63) is 34.9 Å². The van der Waals surface area contributed by atoms with Crippen LogP contribution in [0.5, 0.6) is 0 Å². The highest BCUT2D eigenvalue weighted by Crippen LogP contribution is 2.43. The summed E-state index contributed by atoms with van der Waals surface area (Å²) in [5, 5.41) is 9.16. The molecule has 1 heterocycles. The topological polar surface area (TPSA) is 43.8 Å². The van der Waals surface area contributed by atoms with Crippen LogP contribution >= 0.6 is 12.4 Å². The summed E-state index contributed by atoms with van der Waals surface area (Å²) in [6.07, 6.45) is 3.94. The highest BCUT2D eigenvalue weighted by atomic mass is 35.5. The van der Waals surface area contributed by atoms with Crippen LogP contribution in [-0.4, -0.2) is 47.2 Å². The Morgan fingerprint density at radius 3 is 2.87 bits per heavy atom. The van der Waals surface area contributed by atoms with Crippen molar-refractivity contribution >= 4 is 18.5 Å². The smallest absolute Gasteiger partial charge is 0.407 e. The summed E-state index contributed by atoms with van der Waals surface area (Å²) in [6, 6.07) is 7.09. The van der Waals surface area contributed by atoms with Crippen LogP contribution in [0.25, 0.3) is 0 Å². The molecule has 1 aliphatic carbocycles. The standard InChI is InChI=1S/C18H26N2O2.ClH/c1-3-10-20-11-9-15-16(20)8-7-13-5-4-6-14(17(13)15)12-19(2)18(21)22;/h4-6,15-16H,3,7-12H2,1-2H3,(H,21,22);1H/t15-,16-;/m0./s1. The third kappa shape index (κ3) is 3.48. The fraction of sp³-hybridized carbons (Fsp3) is 0.611. The van der Waals surface area contributed by atoms with Crippen LogP contribution in [0, 0.1) is 0 Å². The SMILES string of the molecule is CCCN1CC[C@@H]2c3c(cccc3CN(C)C(=O)O)CC[C@@H]21.Cl. The normalized spacial score (nSPS) is 22.9. The molecule has 0 unspecified atom stereocenters. The fourth-order valence-electron chi connectivity index (χ4n) is 4.33. The van der Waals surface area contributed by atoms with Gasteiger partial charge in [0.1, 0.15) is 0 Å². The maximum atomic E-state index is 11.2. The van der Waals surface area contributed by atoms with Gasteiger partial charge in [-0.05, 0) is 55.5 Å². The summed E-state index contributed by atoms with van der Waals surface area (Å²) in [5.74, 6) is 0.591. The fourth-order valence-corrected chi connectivity index (χ4v) is 4.33. The van der Waals surface area contributed by atoms with Crippen molar-refractivity contribution in [2.24, 2.45) is 0 Å². The van der Waals surface area contributed by atoms with Crippen molar-refractivity contribution in [3.63, 3.8) is 0 Å². The Kier molecular flexibility index (Phi) is 5.93. The number of carbonyl (C=O) groups is 1. The van der Waals surface area contributed by atoms with E-state index in [0.29, 0.717) is 18.5 Å². The summed E-state index contributed by atoms with van der Waals surface area (Å²) in [6.45, 7) is 5.12. The quantitative estimate of drug-likeness (QED) is 0.909. The molecule has 23 heavy (non-hydrogen) atoms. The molecule has 4 nitrogen and oxygen atoms in total. The lowest BCUT2D eigenvalue weighted by Gasteiger charge is -2.35. The number of hydrogen-bond donors (Lipinski definition) is 1.